The van der Waals surface area contributed by atoms with Crippen molar-refractivity contribution in [2.45, 2.75) is 26.8 Å². The normalized spacial score (nSPS) is 10.9. The Labute approximate surface area is 178 Å². The van der Waals surface area contributed by atoms with Gasteiger partial charge in [0.1, 0.15) is 11.5 Å². The Morgan fingerprint density at radius 1 is 1.03 bits per heavy atom. The predicted octanol–water partition coefficient (Wildman–Crippen LogP) is 2.67. The maximum absolute atomic E-state index is 13.1. The van der Waals surface area contributed by atoms with E-state index in [-0.39, 0.29) is 25.0 Å². The van der Waals surface area contributed by atoms with Crippen molar-refractivity contribution in [3.05, 3.63) is 59.5 Å². The fourth-order valence-corrected chi connectivity index (χ4v) is 3.07. The fourth-order valence-electron chi connectivity index (χ4n) is 3.07. The van der Waals surface area contributed by atoms with Crippen LogP contribution < -0.4 is 0 Å². The molecule has 0 aliphatic heterocycles. The third kappa shape index (κ3) is 8.39. The van der Waals surface area contributed by atoms with E-state index < -0.39 is 0 Å². The third-order valence-electron chi connectivity index (χ3n) is 4.64. The molecular formula is C23H32N2O5. The highest BCUT2D eigenvalue weighted by Crippen LogP contribution is 2.12. The molecule has 30 heavy (non-hydrogen) atoms. The molecule has 0 aliphatic rings. The number of benzene rings is 1. The summed E-state index contributed by atoms with van der Waals surface area (Å²) in [6, 6.07) is 13.8. The number of hydrogen-bond acceptors (Lipinski definition) is 6. The highest BCUT2D eigenvalue weighted by molar-refractivity contribution is 5.79. The van der Waals surface area contributed by atoms with E-state index in [0.29, 0.717) is 32.8 Å². The number of ether oxygens (including phenoxy) is 2. The van der Waals surface area contributed by atoms with Crippen LogP contribution in [0.25, 0.3) is 0 Å². The number of carbonyl (C=O) groups excluding carboxylic acids is 2. The average molecular weight is 417 g/mol. The zero-order valence-electron chi connectivity index (χ0n) is 18.1. The minimum Gasteiger partial charge on any atom is -0.465 e. The van der Waals surface area contributed by atoms with Crippen LogP contribution in [0.4, 0.5) is 0 Å². The van der Waals surface area contributed by atoms with Crippen LogP contribution in [0.3, 0.4) is 0 Å². The van der Waals surface area contributed by atoms with Gasteiger partial charge in [-0.05, 0) is 38.0 Å². The van der Waals surface area contributed by atoms with Crippen LogP contribution in [-0.2, 0) is 32.0 Å². The van der Waals surface area contributed by atoms with Crippen LogP contribution in [0.15, 0.2) is 46.9 Å². The van der Waals surface area contributed by atoms with Gasteiger partial charge in [-0.3, -0.25) is 14.5 Å². The van der Waals surface area contributed by atoms with Crippen LogP contribution in [0.2, 0.25) is 0 Å². The third-order valence-corrected chi connectivity index (χ3v) is 4.64. The van der Waals surface area contributed by atoms with Gasteiger partial charge in [0, 0.05) is 20.2 Å². The van der Waals surface area contributed by atoms with Gasteiger partial charge in [0.15, 0.2) is 0 Å². The molecule has 1 heterocycles. The molecule has 0 saturated carbocycles. The second kappa shape index (κ2) is 12.8. The minimum atomic E-state index is -0.348. The summed E-state index contributed by atoms with van der Waals surface area (Å²) in [6.45, 7) is 5.95. The Kier molecular flexibility index (Phi) is 10.1. The van der Waals surface area contributed by atoms with Gasteiger partial charge in [-0.25, -0.2) is 0 Å². The first-order chi connectivity index (χ1) is 14.5. The fraction of sp³-hybridized carbons (Fsp3) is 0.478. The number of carbonyl (C=O) groups is 2. The van der Waals surface area contributed by atoms with Gasteiger partial charge in [-0.1, -0.05) is 30.3 Å². The van der Waals surface area contributed by atoms with Crippen molar-refractivity contribution in [3.63, 3.8) is 0 Å². The van der Waals surface area contributed by atoms with E-state index in [1.54, 1.807) is 23.8 Å². The Hall–Kier alpha value is -2.64. The summed E-state index contributed by atoms with van der Waals surface area (Å²) in [6.07, 6.45) is 0.738. The Balaban J connectivity index is 2.06. The highest BCUT2D eigenvalue weighted by Gasteiger charge is 2.21. The van der Waals surface area contributed by atoms with Gasteiger partial charge < -0.3 is 18.8 Å². The van der Waals surface area contributed by atoms with E-state index in [2.05, 4.69) is 0 Å². The Morgan fingerprint density at radius 2 is 1.80 bits per heavy atom. The first-order valence-corrected chi connectivity index (χ1v) is 10.3. The zero-order valence-corrected chi connectivity index (χ0v) is 18.1. The van der Waals surface area contributed by atoms with Gasteiger partial charge in [0.25, 0.3) is 0 Å². The number of methoxy groups -OCH3 is 1. The molecule has 2 aromatic rings. The predicted molar refractivity (Wildman–Crippen MR) is 114 cm³/mol. The second-order valence-corrected chi connectivity index (χ2v) is 7.07. The maximum Gasteiger partial charge on any atom is 0.320 e. The van der Waals surface area contributed by atoms with Crippen LogP contribution in [0.1, 0.15) is 24.0 Å². The van der Waals surface area contributed by atoms with E-state index >= 15 is 0 Å². The van der Waals surface area contributed by atoms with Crippen molar-refractivity contribution in [1.29, 1.82) is 0 Å². The maximum atomic E-state index is 13.1. The number of nitrogens with zero attached hydrogens (tertiary/aromatic N) is 2. The molecule has 0 unspecified atom stereocenters. The summed E-state index contributed by atoms with van der Waals surface area (Å²) in [5, 5.41) is 0. The van der Waals surface area contributed by atoms with Gasteiger partial charge in [0.2, 0.25) is 5.91 Å². The zero-order chi connectivity index (χ0) is 21.8. The molecular weight excluding hydrogens is 384 g/mol. The standard InChI is InChI=1S/C23H32N2O5/c1-4-29-23(27)18-24(14-15-28-3)17-22(26)25(16-21-11-10-19(2)30-21)13-12-20-8-6-5-7-9-20/h5-11H,4,12-18H2,1-3H3. The van der Waals surface area contributed by atoms with Gasteiger partial charge in [0.05, 0.1) is 32.8 Å². The second-order valence-electron chi connectivity index (χ2n) is 7.07. The molecule has 0 N–H and O–H groups in total. The summed E-state index contributed by atoms with van der Waals surface area (Å²) in [5.74, 6) is 1.13. The highest BCUT2D eigenvalue weighted by atomic mass is 16.5. The average Bonchev–Trinajstić information content (AvgIpc) is 3.14. The molecule has 7 nitrogen and oxygen atoms in total. The van der Waals surface area contributed by atoms with Crippen molar-refractivity contribution < 1.29 is 23.5 Å². The monoisotopic (exact) mass is 416 g/mol. The van der Waals surface area contributed by atoms with E-state index in [4.69, 9.17) is 13.9 Å². The van der Waals surface area contributed by atoms with Gasteiger partial charge in [-0.15, -0.1) is 0 Å². The number of rotatable bonds is 13. The molecule has 2 rings (SSSR count). The SMILES string of the molecule is CCOC(=O)CN(CCOC)CC(=O)N(CCc1ccccc1)Cc1ccc(C)o1. The van der Waals surface area contributed by atoms with Crippen LogP contribution in [-0.4, -0.2) is 68.2 Å². The summed E-state index contributed by atoms with van der Waals surface area (Å²) in [7, 11) is 1.59. The molecule has 0 aliphatic carbocycles. The minimum absolute atomic E-state index is 0.0509. The van der Waals surface area contributed by atoms with E-state index in [1.165, 1.54) is 0 Å². The van der Waals surface area contributed by atoms with Crippen molar-refractivity contribution in [2.24, 2.45) is 0 Å². The van der Waals surface area contributed by atoms with E-state index in [0.717, 1.165) is 23.5 Å². The molecule has 1 amide bonds. The number of furan rings is 1. The lowest BCUT2D eigenvalue weighted by atomic mass is 10.1. The number of hydrogen-bond donors (Lipinski definition) is 0. The lowest BCUT2D eigenvalue weighted by Gasteiger charge is -2.26. The van der Waals surface area contributed by atoms with Gasteiger partial charge >= 0.3 is 5.97 Å². The largest absolute Gasteiger partial charge is 0.465 e. The molecule has 1 aromatic carbocycles. The van der Waals surface area contributed by atoms with Crippen molar-refractivity contribution >= 4 is 11.9 Å². The molecule has 0 saturated heterocycles. The van der Waals surface area contributed by atoms with E-state index in [1.807, 2.05) is 49.4 Å². The summed E-state index contributed by atoms with van der Waals surface area (Å²) >= 11 is 0. The van der Waals surface area contributed by atoms with E-state index in [9.17, 15) is 9.59 Å². The molecule has 0 fully saturated rings. The summed E-state index contributed by atoms with van der Waals surface area (Å²) < 4.78 is 15.8. The Morgan fingerprint density at radius 3 is 2.43 bits per heavy atom. The first-order valence-electron chi connectivity index (χ1n) is 10.3. The smallest absolute Gasteiger partial charge is 0.320 e. The first kappa shape index (κ1) is 23.6. The van der Waals surface area contributed by atoms with Crippen molar-refractivity contribution in [3.8, 4) is 0 Å². The summed E-state index contributed by atoms with van der Waals surface area (Å²) in [4.78, 5) is 28.6. The topological polar surface area (TPSA) is 72.2 Å². The molecule has 0 spiro atoms. The number of amides is 1. The van der Waals surface area contributed by atoms with Crippen LogP contribution >= 0.6 is 0 Å². The quantitative estimate of drug-likeness (QED) is 0.468. The Bertz CT molecular complexity index is 775. The molecule has 1 aromatic heterocycles. The molecule has 7 heteroatoms. The number of esters is 1. The van der Waals surface area contributed by atoms with Crippen molar-refractivity contribution in [1.82, 2.24) is 9.80 Å². The molecule has 0 bridgehead atoms. The van der Waals surface area contributed by atoms with Gasteiger partial charge in [-0.2, -0.15) is 0 Å². The van der Waals surface area contributed by atoms with Crippen LogP contribution in [0, 0.1) is 6.92 Å². The van der Waals surface area contributed by atoms with Crippen LogP contribution in [0.5, 0.6) is 0 Å². The number of aryl methyl sites for hydroxylation is 1. The lowest BCUT2D eigenvalue weighted by Crippen LogP contribution is -2.44. The lowest BCUT2D eigenvalue weighted by molar-refractivity contribution is -0.145. The molecule has 0 atom stereocenters. The van der Waals surface area contributed by atoms with Crippen molar-refractivity contribution in [2.75, 3.05) is 46.5 Å². The molecule has 0 radical (unpaired) electrons. The molecule has 164 valence electrons. The summed E-state index contributed by atoms with van der Waals surface area (Å²) in [5.41, 5.74) is 1.16.